The molecule has 8 heteroatoms. The SMILES string of the molecule is COc1ccc([C@@H]2C(C(=O)OC(C)C)=C(C)N=c3s/c(=C/c4ccc(N5CCCCC5)cc4)c(=O)n32)cc1. The Morgan fingerprint density at radius 3 is 2.37 bits per heavy atom. The zero-order valence-corrected chi connectivity index (χ0v) is 23.1. The number of allylic oxidation sites excluding steroid dienone is 1. The molecule has 0 aliphatic carbocycles. The van der Waals surface area contributed by atoms with Gasteiger partial charge in [0.15, 0.2) is 4.80 Å². The number of methoxy groups -OCH3 is 1. The van der Waals surface area contributed by atoms with Gasteiger partial charge in [0.1, 0.15) is 5.75 Å². The second-order valence-electron chi connectivity index (χ2n) is 9.95. The van der Waals surface area contributed by atoms with E-state index >= 15 is 0 Å². The van der Waals surface area contributed by atoms with E-state index in [0.29, 0.717) is 26.4 Å². The number of nitrogens with zero attached hydrogens (tertiary/aromatic N) is 3. The number of aromatic nitrogens is 1. The van der Waals surface area contributed by atoms with Crippen molar-refractivity contribution in [3.8, 4) is 5.75 Å². The first-order valence-corrected chi connectivity index (χ1v) is 13.9. The van der Waals surface area contributed by atoms with Crippen molar-refractivity contribution in [1.82, 2.24) is 4.57 Å². The van der Waals surface area contributed by atoms with Crippen LogP contribution >= 0.6 is 11.3 Å². The Balaban J connectivity index is 1.58. The van der Waals surface area contributed by atoms with Crippen molar-refractivity contribution in [3.05, 3.63) is 90.6 Å². The number of esters is 1. The summed E-state index contributed by atoms with van der Waals surface area (Å²) in [6, 6.07) is 15.1. The average molecular weight is 532 g/mol. The first-order chi connectivity index (χ1) is 18.4. The second-order valence-corrected chi connectivity index (χ2v) is 11.0. The first-order valence-electron chi connectivity index (χ1n) is 13.1. The smallest absolute Gasteiger partial charge is 0.338 e. The molecule has 0 spiro atoms. The summed E-state index contributed by atoms with van der Waals surface area (Å²) >= 11 is 1.33. The molecular weight excluding hydrogens is 498 g/mol. The van der Waals surface area contributed by atoms with E-state index in [1.807, 2.05) is 44.2 Å². The van der Waals surface area contributed by atoms with E-state index in [0.717, 1.165) is 24.2 Å². The van der Waals surface area contributed by atoms with Crippen LogP contribution in [0.1, 0.15) is 57.2 Å². The standard InChI is InChI=1S/C30H33N3O4S/c1-19(2)37-29(35)26-20(3)31-30-33(27(26)22-10-14-24(36-4)15-11-22)28(34)25(38-30)18-21-8-12-23(13-9-21)32-16-6-5-7-17-32/h8-15,18-19,27H,5-7,16-17H2,1-4H3/b25-18+/t27-/m1/s1. The van der Waals surface area contributed by atoms with Gasteiger partial charge in [0.25, 0.3) is 5.56 Å². The van der Waals surface area contributed by atoms with Crippen molar-refractivity contribution in [2.24, 2.45) is 4.99 Å². The highest BCUT2D eigenvalue weighted by Gasteiger charge is 2.33. The minimum atomic E-state index is -0.646. The van der Waals surface area contributed by atoms with Crippen LogP contribution in [0.25, 0.3) is 6.08 Å². The Bertz CT molecular complexity index is 1530. The van der Waals surface area contributed by atoms with Gasteiger partial charge in [-0.15, -0.1) is 0 Å². The number of anilines is 1. The molecule has 0 amide bonds. The first kappa shape index (κ1) is 26.0. The van der Waals surface area contributed by atoms with Gasteiger partial charge in [-0.2, -0.15) is 0 Å². The van der Waals surface area contributed by atoms with Crippen molar-refractivity contribution in [3.63, 3.8) is 0 Å². The third-order valence-electron chi connectivity index (χ3n) is 6.93. The molecule has 7 nitrogen and oxygen atoms in total. The van der Waals surface area contributed by atoms with Crippen molar-refractivity contribution in [1.29, 1.82) is 0 Å². The van der Waals surface area contributed by atoms with Crippen LogP contribution in [0.3, 0.4) is 0 Å². The molecule has 1 fully saturated rings. The second kappa shape index (κ2) is 11.0. The van der Waals surface area contributed by atoms with E-state index < -0.39 is 12.0 Å². The lowest BCUT2D eigenvalue weighted by atomic mass is 9.96. The number of fused-ring (bicyclic) bond motifs is 1. The number of rotatable bonds is 6. The third-order valence-corrected chi connectivity index (χ3v) is 7.91. The molecule has 0 bridgehead atoms. The molecule has 2 aliphatic rings. The van der Waals surface area contributed by atoms with Crippen LogP contribution < -0.4 is 24.5 Å². The maximum Gasteiger partial charge on any atom is 0.338 e. The van der Waals surface area contributed by atoms with Crippen LogP contribution in [-0.2, 0) is 9.53 Å². The molecule has 1 aromatic heterocycles. The molecular formula is C30H33N3O4S. The molecule has 0 unspecified atom stereocenters. The van der Waals surface area contributed by atoms with E-state index in [-0.39, 0.29) is 11.7 Å². The summed E-state index contributed by atoms with van der Waals surface area (Å²) in [5.41, 5.74) is 3.69. The summed E-state index contributed by atoms with van der Waals surface area (Å²) in [6.07, 6.45) is 5.36. The number of piperidine rings is 1. The van der Waals surface area contributed by atoms with Gasteiger partial charge in [0.05, 0.1) is 35.1 Å². The molecule has 3 aromatic rings. The Kier molecular flexibility index (Phi) is 7.51. The Labute approximate surface area is 226 Å². The molecule has 5 rings (SSSR count). The number of benzene rings is 2. The van der Waals surface area contributed by atoms with E-state index in [9.17, 15) is 9.59 Å². The maximum absolute atomic E-state index is 13.8. The Hall–Kier alpha value is -3.65. The van der Waals surface area contributed by atoms with Crippen LogP contribution in [0.5, 0.6) is 5.75 Å². The van der Waals surface area contributed by atoms with Gasteiger partial charge in [-0.1, -0.05) is 35.6 Å². The highest BCUT2D eigenvalue weighted by Crippen LogP contribution is 2.32. The number of hydrogen-bond acceptors (Lipinski definition) is 7. The number of carbonyl (C=O) groups excluding carboxylic acids is 1. The number of thiazole rings is 1. The molecule has 3 heterocycles. The highest BCUT2D eigenvalue weighted by molar-refractivity contribution is 7.07. The van der Waals surface area contributed by atoms with E-state index in [4.69, 9.17) is 9.47 Å². The quantitative estimate of drug-likeness (QED) is 0.446. The summed E-state index contributed by atoms with van der Waals surface area (Å²) in [6.45, 7) is 7.59. The molecule has 2 aromatic carbocycles. The van der Waals surface area contributed by atoms with Gasteiger partial charge < -0.3 is 14.4 Å². The van der Waals surface area contributed by atoms with Crippen LogP contribution in [0.4, 0.5) is 5.69 Å². The topological polar surface area (TPSA) is 73.1 Å². The maximum atomic E-state index is 13.8. The summed E-state index contributed by atoms with van der Waals surface area (Å²) in [4.78, 5) is 34.7. The number of carbonyl (C=O) groups is 1. The fourth-order valence-electron chi connectivity index (χ4n) is 5.05. The van der Waals surface area contributed by atoms with Crippen molar-refractivity contribution in [2.45, 2.75) is 52.2 Å². The Morgan fingerprint density at radius 1 is 1.05 bits per heavy atom. The van der Waals surface area contributed by atoms with E-state index in [2.05, 4.69) is 34.2 Å². The van der Waals surface area contributed by atoms with Gasteiger partial charge in [-0.05, 0) is 81.5 Å². The molecule has 38 heavy (non-hydrogen) atoms. The number of ether oxygens (including phenoxy) is 2. The monoisotopic (exact) mass is 531 g/mol. The average Bonchev–Trinajstić information content (AvgIpc) is 3.22. The van der Waals surface area contributed by atoms with Gasteiger partial charge >= 0.3 is 5.97 Å². The summed E-state index contributed by atoms with van der Waals surface area (Å²) in [5.74, 6) is 0.228. The largest absolute Gasteiger partial charge is 0.497 e. The lowest BCUT2D eigenvalue weighted by Crippen LogP contribution is -2.40. The molecule has 2 aliphatic heterocycles. The van der Waals surface area contributed by atoms with Crippen LogP contribution in [0.15, 0.2) is 69.6 Å². The van der Waals surface area contributed by atoms with Gasteiger partial charge in [0, 0.05) is 18.8 Å². The predicted molar refractivity (Wildman–Crippen MR) is 150 cm³/mol. The fraction of sp³-hybridized carbons (Fsp3) is 0.367. The molecule has 0 N–H and O–H groups in total. The van der Waals surface area contributed by atoms with Gasteiger partial charge in [-0.3, -0.25) is 9.36 Å². The molecule has 1 saturated heterocycles. The third kappa shape index (κ3) is 5.18. The number of hydrogen-bond donors (Lipinski definition) is 0. The fourth-order valence-corrected chi connectivity index (χ4v) is 6.09. The van der Waals surface area contributed by atoms with Gasteiger partial charge in [-0.25, -0.2) is 9.79 Å². The van der Waals surface area contributed by atoms with E-state index in [1.165, 1.54) is 36.3 Å². The van der Waals surface area contributed by atoms with Crippen molar-refractivity contribution >= 4 is 29.1 Å². The normalized spacial score (nSPS) is 17.9. The zero-order chi connectivity index (χ0) is 26.8. The highest BCUT2D eigenvalue weighted by atomic mass is 32.1. The molecule has 0 radical (unpaired) electrons. The van der Waals surface area contributed by atoms with Crippen LogP contribution in [0, 0.1) is 0 Å². The van der Waals surface area contributed by atoms with Crippen molar-refractivity contribution in [2.75, 3.05) is 25.1 Å². The minimum absolute atomic E-state index is 0.183. The summed E-state index contributed by atoms with van der Waals surface area (Å²) in [7, 11) is 1.60. The summed E-state index contributed by atoms with van der Waals surface area (Å²) < 4.78 is 13.1. The zero-order valence-electron chi connectivity index (χ0n) is 22.3. The van der Waals surface area contributed by atoms with Crippen molar-refractivity contribution < 1.29 is 14.3 Å². The molecule has 1 atom stereocenters. The van der Waals surface area contributed by atoms with Crippen LogP contribution in [0.2, 0.25) is 0 Å². The van der Waals surface area contributed by atoms with Gasteiger partial charge in [0.2, 0.25) is 0 Å². The predicted octanol–water partition coefficient (Wildman–Crippen LogP) is 4.19. The molecule has 0 saturated carbocycles. The van der Waals surface area contributed by atoms with Crippen LogP contribution in [-0.4, -0.2) is 36.8 Å². The van der Waals surface area contributed by atoms with E-state index in [1.54, 1.807) is 18.6 Å². The Morgan fingerprint density at radius 2 is 1.74 bits per heavy atom. The lowest BCUT2D eigenvalue weighted by molar-refractivity contribution is -0.143. The lowest BCUT2D eigenvalue weighted by Gasteiger charge is -2.28. The minimum Gasteiger partial charge on any atom is -0.497 e. The molecule has 198 valence electrons. The summed E-state index contributed by atoms with van der Waals surface area (Å²) in [5, 5.41) is 0.